The zero-order chi connectivity index (χ0) is 19.7. The molecule has 3 rings (SSSR count). The molecule has 2 saturated heterocycles. The zero-order valence-corrected chi connectivity index (χ0v) is 16.5. The minimum atomic E-state index is -3.53. The van der Waals surface area contributed by atoms with Gasteiger partial charge in [-0.3, -0.25) is 4.79 Å². The predicted octanol–water partition coefficient (Wildman–Crippen LogP) is 0.825. The van der Waals surface area contributed by atoms with Crippen LogP contribution in [0.5, 0.6) is 0 Å². The van der Waals surface area contributed by atoms with Crippen molar-refractivity contribution in [2.45, 2.75) is 19.3 Å². The lowest BCUT2D eigenvalue weighted by Crippen LogP contribution is -2.57. The zero-order valence-electron chi connectivity index (χ0n) is 15.7. The number of amides is 1. The Balaban J connectivity index is 1.65. The van der Waals surface area contributed by atoms with Gasteiger partial charge in [0.05, 0.1) is 18.6 Å². The molecule has 0 N–H and O–H groups in total. The highest BCUT2D eigenvalue weighted by Gasteiger charge is 2.38. The third-order valence-corrected chi connectivity index (χ3v) is 7.26. The summed E-state index contributed by atoms with van der Waals surface area (Å²) in [4.78, 5) is 14.7. The second-order valence-corrected chi connectivity index (χ2v) is 9.27. The van der Waals surface area contributed by atoms with Crippen LogP contribution in [-0.2, 0) is 25.2 Å². The van der Waals surface area contributed by atoms with E-state index in [-0.39, 0.29) is 24.8 Å². The molecule has 9 heteroatoms. The number of hydrogen-bond acceptors (Lipinski definition) is 4. The summed E-state index contributed by atoms with van der Waals surface area (Å²) in [6.07, 6.45) is 0. The van der Waals surface area contributed by atoms with Crippen molar-refractivity contribution >= 4 is 16.1 Å². The van der Waals surface area contributed by atoms with Crippen molar-refractivity contribution < 1.29 is 22.3 Å². The van der Waals surface area contributed by atoms with Gasteiger partial charge >= 0.3 is 0 Å². The highest BCUT2D eigenvalue weighted by molar-refractivity contribution is 7.86. The highest BCUT2D eigenvalue weighted by atomic mass is 32.2. The first-order valence-electron chi connectivity index (χ1n) is 9.11. The Hall–Kier alpha value is -1.55. The molecule has 27 heavy (non-hydrogen) atoms. The number of halogens is 1. The van der Waals surface area contributed by atoms with Crippen LogP contribution in [0.2, 0.25) is 0 Å². The van der Waals surface area contributed by atoms with E-state index in [1.165, 1.54) is 20.7 Å². The van der Waals surface area contributed by atoms with E-state index in [4.69, 9.17) is 4.74 Å². The lowest BCUT2D eigenvalue weighted by molar-refractivity contribution is -0.137. The number of piperazine rings is 1. The SMILES string of the molecule is CC(C)(C(=O)N1CCN(S(=O)(=O)N2CCOCC2)CC1)c1cccc(F)c1. The van der Waals surface area contributed by atoms with Crippen LogP contribution in [0.1, 0.15) is 19.4 Å². The maximum Gasteiger partial charge on any atom is 0.282 e. The third-order valence-electron chi connectivity index (χ3n) is 5.23. The first-order valence-corrected chi connectivity index (χ1v) is 10.5. The number of nitrogens with zero attached hydrogens (tertiary/aromatic N) is 3. The third kappa shape index (κ3) is 4.16. The minimum absolute atomic E-state index is 0.128. The fourth-order valence-electron chi connectivity index (χ4n) is 3.46. The van der Waals surface area contributed by atoms with E-state index in [0.29, 0.717) is 45.0 Å². The number of morpholine rings is 1. The Labute approximate surface area is 159 Å². The van der Waals surface area contributed by atoms with Crippen molar-refractivity contribution in [1.82, 2.24) is 13.5 Å². The Morgan fingerprint density at radius 2 is 1.63 bits per heavy atom. The van der Waals surface area contributed by atoms with Gasteiger partial charge < -0.3 is 9.64 Å². The van der Waals surface area contributed by atoms with Gasteiger partial charge in [-0.2, -0.15) is 17.0 Å². The van der Waals surface area contributed by atoms with E-state index in [0.717, 1.165) is 0 Å². The number of ether oxygens (including phenoxy) is 1. The van der Waals surface area contributed by atoms with Gasteiger partial charge in [-0.15, -0.1) is 0 Å². The Morgan fingerprint density at radius 3 is 2.22 bits per heavy atom. The molecular formula is C18H26FN3O4S. The quantitative estimate of drug-likeness (QED) is 0.752. The lowest BCUT2D eigenvalue weighted by Gasteiger charge is -2.40. The van der Waals surface area contributed by atoms with Crippen LogP contribution in [-0.4, -0.2) is 80.3 Å². The number of rotatable bonds is 4. The van der Waals surface area contributed by atoms with E-state index >= 15 is 0 Å². The van der Waals surface area contributed by atoms with Gasteiger partial charge in [-0.25, -0.2) is 4.39 Å². The number of carbonyl (C=O) groups is 1. The van der Waals surface area contributed by atoms with Crippen molar-refractivity contribution in [2.75, 3.05) is 52.5 Å². The van der Waals surface area contributed by atoms with Gasteiger partial charge in [-0.05, 0) is 31.5 Å². The van der Waals surface area contributed by atoms with Crippen molar-refractivity contribution in [3.05, 3.63) is 35.6 Å². The van der Waals surface area contributed by atoms with E-state index < -0.39 is 15.6 Å². The van der Waals surface area contributed by atoms with Crippen LogP contribution < -0.4 is 0 Å². The van der Waals surface area contributed by atoms with Gasteiger partial charge in [0.25, 0.3) is 10.2 Å². The van der Waals surface area contributed by atoms with Crippen molar-refractivity contribution in [2.24, 2.45) is 0 Å². The van der Waals surface area contributed by atoms with Gasteiger partial charge in [-0.1, -0.05) is 12.1 Å². The molecule has 0 atom stereocenters. The molecular weight excluding hydrogens is 373 g/mol. The molecule has 0 radical (unpaired) electrons. The van der Waals surface area contributed by atoms with E-state index in [1.54, 1.807) is 30.9 Å². The Kier molecular flexibility index (Phi) is 5.85. The van der Waals surface area contributed by atoms with E-state index in [2.05, 4.69) is 0 Å². The molecule has 1 aromatic rings. The Bertz CT molecular complexity index is 786. The van der Waals surface area contributed by atoms with Crippen LogP contribution in [0, 0.1) is 5.82 Å². The average molecular weight is 399 g/mol. The largest absolute Gasteiger partial charge is 0.379 e. The molecule has 2 fully saturated rings. The number of hydrogen-bond donors (Lipinski definition) is 0. The average Bonchev–Trinajstić information content (AvgIpc) is 2.68. The van der Waals surface area contributed by atoms with Gasteiger partial charge in [0.1, 0.15) is 5.82 Å². The van der Waals surface area contributed by atoms with Gasteiger partial charge in [0.2, 0.25) is 5.91 Å². The van der Waals surface area contributed by atoms with E-state index in [1.807, 2.05) is 0 Å². The summed E-state index contributed by atoms with van der Waals surface area (Å²) < 4.78 is 47.1. The predicted molar refractivity (Wildman–Crippen MR) is 98.9 cm³/mol. The van der Waals surface area contributed by atoms with Crippen LogP contribution in [0.25, 0.3) is 0 Å². The van der Waals surface area contributed by atoms with Crippen molar-refractivity contribution in [1.29, 1.82) is 0 Å². The van der Waals surface area contributed by atoms with E-state index in [9.17, 15) is 17.6 Å². The van der Waals surface area contributed by atoms with Crippen molar-refractivity contribution in [3.63, 3.8) is 0 Å². The fourth-order valence-corrected chi connectivity index (χ4v) is 5.02. The maximum absolute atomic E-state index is 13.6. The minimum Gasteiger partial charge on any atom is -0.379 e. The normalized spacial score (nSPS) is 20.6. The summed E-state index contributed by atoms with van der Waals surface area (Å²) in [6, 6.07) is 6.04. The van der Waals surface area contributed by atoms with Gasteiger partial charge in [0.15, 0.2) is 0 Å². The summed E-state index contributed by atoms with van der Waals surface area (Å²) in [5.74, 6) is -0.508. The number of carbonyl (C=O) groups excluding carboxylic acids is 1. The Morgan fingerprint density at radius 1 is 1.04 bits per heavy atom. The molecule has 2 aliphatic rings. The van der Waals surface area contributed by atoms with Crippen LogP contribution in [0.4, 0.5) is 4.39 Å². The fraction of sp³-hybridized carbons (Fsp3) is 0.611. The van der Waals surface area contributed by atoms with Crippen molar-refractivity contribution in [3.8, 4) is 0 Å². The summed E-state index contributed by atoms with van der Waals surface area (Å²) in [6.45, 7) is 6.20. The molecule has 1 aromatic carbocycles. The lowest BCUT2D eigenvalue weighted by atomic mass is 9.83. The number of benzene rings is 1. The first kappa shape index (κ1) is 20.2. The molecule has 0 saturated carbocycles. The van der Waals surface area contributed by atoms with Crippen LogP contribution >= 0.6 is 0 Å². The second kappa shape index (κ2) is 7.83. The summed E-state index contributed by atoms with van der Waals surface area (Å²) >= 11 is 0. The standard InChI is InChI=1S/C18H26FN3O4S/c1-18(2,15-4-3-5-16(19)14-15)17(23)20-6-8-21(9-7-20)27(24,25)22-10-12-26-13-11-22/h3-5,14H,6-13H2,1-2H3. The molecule has 7 nitrogen and oxygen atoms in total. The molecule has 2 heterocycles. The highest BCUT2D eigenvalue weighted by Crippen LogP contribution is 2.27. The molecule has 0 aliphatic carbocycles. The second-order valence-electron chi connectivity index (χ2n) is 7.35. The molecule has 1 amide bonds. The summed E-state index contributed by atoms with van der Waals surface area (Å²) in [7, 11) is -3.53. The summed E-state index contributed by atoms with van der Waals surface area (Å²) in [5, 5.41) is 0. The molecule has 0 spiro atoms. The molecule has 0 bridgehead atoms. The van der Waals surface area contributed by atoms with Crippen LogP contribution in [0.3, 0.4) is 0 Å². The molecule has 150 valence electrons. The van der Waals surface area contributed by atoms with Crippen LogP contribution in [0.15, 0.2) is 24.3 Å². The summed E-state index contributed by atoms with van der Waals surface area (Å²) in [5.41, 5.74) is -0.274. The first-order chi connectivity index (χ1) is 12.7. The monoisotopic (exact) mass is 399 g/mol. The molecule has 2 aliphatic heterocycles. The van der Waals surface area contributed by atoms with Gasteiger partial charge in [0, 0.05) is 39.3 Å². The maximum atomic E-state index is 13.6. The smallest absolute Gasteiger partial charge is 0.282 e. The molecule has 0 aromatic heterocycles. The molecule has 0 unspecified atom stereocenters. The topological polar surface area (TPSA) is 70.2 Å².